The lowest BCUT2D eigenvalue weighted by Gasteiger charge is -2.06. The molecule has 0 saturated carbocycles. The lowest BCUT2D eigenvalue weighted by molar-refractivity contribution is 0.303. The van der Waals surface area contributed by atoms with Crippen molar-refractivity contribution in [3.05, 3.63) is 54.3 Å². The van der Waals surface area contributed by atoms with Crippen molar-refractivity contribution in [2.24, 2.45) is 0 Å². The standard InChI is InChI=1S/C16H14O4/c1-18-13-3-2-4-14(8-13)19-9-11-10-20-16-7-12(17)5-6-15(11)16/h2-8,10,17H,9H2,1H3. The summed E-state index contributed by atoms with van der Waals surface area (Å²) in [5, 5.41) is 10.3. The summed E-state index contributed by atoms with van der Waals surface area (Å²) < 4.78 is 16.3. The van der Waals surface area contributed by atoms with Crippen LogP contribution in [0.15, 0.2) is 53.1 Å². The van der Waals surface area contributed by atoms with Crippen LogP contribution in [0, 0.1) is 0 Å². The van der Waals surface area contributed by atoms with E-state index in [9.17, 15) is 5.11 Å². The van der Waals surface area contributed by atoms with Gasteiger partial charge in [0.1, 0.15) is 29.4 Å². The van der Waals surface area contributed by atoms with Crippen molar-refractivity contribution in [2.75, 3.05) is 7.11 Å². The van der Waals surface area contributed by atoms with Crippen LogP contribution in [0.4, 0.5) is 0 Å². The van der Waals surface area contributed by atoms with E-state index in [2.05, 4.69) is 0 Å². The molecule has 0 atom stereocenters. The number of aromatic hydroxyl groups is 1. The fraction of sp³-hybridized carbons (Fsp3) is 0.125. The van der Waals surface area contributed by atoms with Crippen LogP contribution in [0.2, 0.25) is 0 Å². The largest absolute Gasteiger partial charge is 0.508 e. The van der Waals surface area contributed by atoms with E-state index in [1.807, 2.05) is 30.3 Å². The van der Waals surface area contributed by atoms with Crippen molar-refractivity contribution in [3.63, 3.8) is 0 Å². The Hall–Kier alpha value is -2.62. The SMILES string of the molecule is COc1cccc(OCc2coc3cc(O)ccc23)c1. The molecule has 0 fully saturated rings. The van der Waals surface area contributed by atoms with Crippen LogP contribution in [0.3, 0.4) is 0 Å². The van der Waals surface area contributed by atoms with Gasteiger partial charge in [-0.15, -0.1) is 0 Å². The van der Waals surface area contributed by atoms with Crippen molar-refractivity contribution < 1.29 is 19.0 Å². The molecular formula is C16H14O4. The highest BCUT2D eigenvalue weighted by Gasteiger charge is 2.07. The highest BCUT2D eigenvalue weighted by Crippen LogP contribution is 2.26. The number of hydrogen-bond acceptors (Lipinski definition) is 4. The maximum absolute atomic E-state index is 9.40. The Morgan fingerprint density at radius 2 is 1.95 bits per heavy atom. The maximum atomic E-state index is 9.40. The molecule has 3 aromatic rings. The van der Waals surface area contributed by atoms with Gasteiger partial charge in [-0.2, -0.15) is 0 Å². The summed E-state index contributed by atoms with van der Waals surface area (Å²) in [6.07, 6.45) is 1.64. The van der Waals surface area contributed by atoms with E-state index in [-0.39, 0.29) is 5.75 Å². The van der Waals surface area contributed by atoms with E-state index in [0.29, 0.717) is 12.2 Å². The van der Waals surface area contributed by atoms with Gasteiger partial charge in [-0.25, -0.2) is 0 Å². The summed E-state index contributed by atoms with van der Waals surface area (Å²) in [4.78, 5) is 0. The molecule has 4 heteroatoms. The van der Waals surface area contributed by atoms with Gasteiger partial charge in [0.2, 0.25) is 0 Å². The van der Waals surface area contributed by atoms with Gasteiger partial charge in [0, 0.05) is 23.1 Å². The molecule has 1 aromatic heterocycles. The van der Waals surface area contributed by atoms with Crippen molar-refractivity contribution >= 4 is 11.0 Å². The fourth-order valence-corrected chi connectivity index (χ4v) is 2.04. The summed E-state index contributed by atoms with van der Waals surface area (Å²) in [5.41, 5.74) is 1.58. The zero-order chi connectivity index (χ0) is 13.9. The Kier molecular flexibility index (Phi) is 3.21. The van der Waals surface area contributed by atoms with Gasteiger partial charge in [0.05, 0.1) is 13.4 Å². The lowest BCUT2D eigenvalue weighted by atomic mass is 10.2. The number of furan rings is 1. The fourth-order valence-electron chi connectivity index (χ4n) is 2.04. The Balaban J connectivity index is 1.79. The summed E-state index contributed by atoms with van der Waals surface area (Å²) in [5.74, 6) is 1.68. The van der Waals surface area contributed by atoms with Crippen LogP contribution in [0.25, 0.3) is 11.0 Å². The molecule has 20 heavy (non-hydrogen) atoms. The van der Waals surface area contributed by atoms with E-state index in [4.69, 9.17) is 13.9 Å². The summed E-state index contributed by atoms with van der Waals surface area (Å²) in [6, 6.07) is 12.5. The zero-order valence-corrected chi connectivity index (χ0v) is 11.0. The second-order valence-electron chi connectivity index (χ2n) is 4.41. The number of hydrogen-bond donors (Lipinski definition) is 1. The normalized spacial score (nSPS) is 10.7. The number of ether oxygens (including phenoxy) is 2. The second-order valence-corrected chi connectivity index (χ2v) is 4.41. The van der Waals surface area contributed by atoms with Gasteiger partial charge in [-0.1, -0.05) is 6.07 Å². The van der Waals surface area contributed by atoms with Gasteiger partial charge in [-0.3, -0.25) is 0 Å². The molecule has 0 saturated heterocycles. The van der Waals surface area contributed by atoms with Crippen LogP contribution in [0.1, 0.15) is 5.56 Å². The first-order valence-corrected chi connectivity index (χ1v) is 6.22. The van der Waals surface area contributed by atoms with Crippen LogP contribution in [-0.2, 0) is 6.61 Å². The lowest BCUT2D eigenvalue weighted by Crippen LogP contribution is -1.94. The number of phenols is 1. The topological polar surface area (TPSA) is 51.8 Å². The molecule has 4 nitrogen and oxygen atoms in total. The third kappa shape index (κ3) is 2.40. The second kappa shape index (κ2) is 5.17. The minimum absolute atomic E-state index is 0.187. The monoisotopic (exact) mass is 270 g/mol. The van der Waals surface area contributed by atoms with Crippen molar-refractivity contribution in [2.45, 2.75) is 6.61 Å². The van der Waals surface area contributed by atoms with Crippen molar-refractivity contribution in [1.29, 1.82) is 0 Å². The van der Waals surface area contributed by atoms with E-state index in [1.165, 1.54) is 0 Å². The van der Waals surface area contributed by atoms with E-state index in [0.717, 1.165) is 22.4 Å². The zero-order valence-electron chi connectivity index (χ0n) is 11.0. The third-order valence-electron chi connectivity index (χ3n) is 3.07. The summed E-state index contributed by atoms with van der Waals surface area (Å²) in [6.45, 7) is 0.394. The van der Waals surface area contributed by atoms with Crippen LogP contribution in [-0.4, -0.2) is 12.2 Å². The molecule has 0 amide bonds. The molecule has 0 aliphatic heterocycles. The van der Waals surface area contributed by atoms with E-state index < -0.39 is 0 Å². The van der Waals surface area contributed by atoms with E-state index >= 15 is 0 Å². The number of phenolic OH excluding ortho intramolecular Hbond substituents is 1. The molecule has 1 heterocycles. The summed E-state index contributed by atoms with van der Waals surface area (Å²) in [7, 11) is 1.62. The Morgan fingerprint density at radius 3 is 2.80 bits per heavy atom. The van der Waals surface area contributed by atoms with Gasteiger partial charge in [-0.05, 0) is 24.3 Å². The van der Waals surface area contributed by atoms with E-state index in [1.54, 1.807) is 25.5 Å². The average Bonchev–Trinajstić information content (AvgIpc) is 2.87. The number of benzene rings is 2. The predicted molar refractivity (Wildman–Crippen MR) is 75.2 cm³/mol. The van der Waals surface area contributed by atoms with Crippen LogP contribution < -0.4 is 9.47 Å². The first-order chi connectivity index (χ1) is 9.76. The first-order valence-electron chi connectivity index (χ1n) is 6.22. The number of fused-ring (bicyclic) bond motifs is 1. The minimum atomic E-state index is 0.187. The van der Waals surface area contributed by atoms with Crippen molar-refractivity contribution in [1.82, 2.24) is 0 Å². The molecular weight excluding hydrogens is 256 g/mol. The van der Waals surface area contributed by atoms with Gasteiger partial charge < -0.3 is 19.0 Å². The quantitative estimate of drug-likeness (QED) is 0.785. The third-order valence-corrected chi connectivity index (χ3v) is 3.07. The molecule has 0 aliphatic rings. The Morgan fingerprint density at radius 1 is 1.10 bits per heavy atom. The van der Waals surface area contributed by atoms with Gasteiger partial charge in [0.15, 0.2) is 0 Å². The highest BCUT2D eigenvalue weighted by molar-refractivity contribution is 5.82. The van der Waals surface area contributed by atoms with Gasteiger partial charge in [0.25, 0.3) is 0 Å². The predicted octanol–water partition coefficient (Wildman–Crippen LogP) is 3.73. The Labute approximate surface area is 116 Å². The van der Waals surface area contributed by atoms with Crippen LogP contribution in [0.5, 0.6) is 17.2 Å². The average molecular weight is 270 g/mol. The molecule has 1 N–H and O–H groups in total. The molecule has 0 bridgehead atoms. The smallest absolute Gasteiger partial charge is 0.137 e. The summed E-state index contributed by atoms with van der Waals surface area (Å²) >= 11 is 0. The van der Waals surface area contributed by atoms with Gasteiger partial charge >= 0.3 is 0 Å². The molecule has 3 rings (SSSR count). The first kappa shape index (κ1) is 12.4. The van der Waals surface area contributed by atoms with Crippen molar-refractivity contribution in [3.8, 4) is 17.2 Å². The number of methoxy groups -OCH3 is 1. The minimum Gasteiger partial charge on any atom is -0.508 e. The Bertz CT molecular complexity index is 730. The maximum Gasteiger partial charge on any atom is 0.137 e. The molecule has 0 spiro atoms. The molecule has 0 aliphatic carbocycles. The van der Waals surface area contributed by atoms with Crippen LogP contribution >= 0.6 is 0 Å². The molecule has 0 radical (unpaired) electrons. The molecule has 0 unspecified atom stereocenters. The molecule has 102 valence electrons. The highest BCUT2D eigenvalue weighted by atomic mass is 16.5. The molecule has 2 aromatic carbocycles. The number of rotatable bonds is 4.